The lowest BCUT2D eigenvalue weighted by atomic mass is 10.0. The molecule has 1 aliphatic heterocycles. The number of carbonyl (C=O) groups is 1. The van der Waals surface area contributed by atoms with Crippen LogP contribution in [0, 0.1) is 13.8 Å². The Labute approximate surface area is 93.2 Å². The van der Waals surface area contributed by atoms with Gasteiger partial charge in [0, 0.05) is 0 Å². The molecule has 0 fully saturated rings. The third-order valence-corrected chi connectivity index (χ3v) is 2.70. The van der Waals surface area contributed by atoms with Crippen LogP contribution in [0.15, 0.2) is 17.3 Å². The smallest absolute Gasteiger partial charge is 0.252 e. The first-order valence-electron chi connectivity index (χ1n) is 4.98. The molecule has 16 heavy (non-hydrogen) atoms. The van der Waals surface area contributed by atoms with E-state index in [2.05, 4.69) is 15.8 Å². The summed E-state index contributed by atoms with van der Waals surface area (Å²) in [6.45, 7) is 3.99. The first kappa shape index (κ1) is 10.5. The van der Waals surface area contributed by atoms with Crippen LogP contribution in [0.2, 0.25) is 0 Å². The number of oxime groups is 1. The number of anilines is 2. The fourth-order valence-corrected chi connectivity index (χ4v) is 1.65. The van der Waals surface area contributed by atoms with Crippen LogP contribution < -0.4 is 10.6 Å². The molecule has 2 rings (SSSR count). The van der Waals surface area contributed by atoms with Crippen molar-refractivity contribution in [1.29, 1.82) is 0 Å². The molecular formula is C11H13N3O2. The van der Waals surface area contributed by atoms with E-state index in [-0.39, 0.29) is 5.91 Å². The summed E-state index contributed by atoms with van der Waals surface area (Å²) in [5.74, 6) is -0.228. The lowest BCUT2D eigenvalue weighted by Crippen LogP contribution is -2.40. The zero-order valence-electron chi connectivity index (χ0n) is 9.11. The number of aryl methyl sites for hydroxylation is 2. The molecule has 1 aromatic rings. The first-order chi connectivity index (χ1) is 7.61. The van der Waals surface area contributed by atoms with E-state index in [1.165, 1.54) is 0 Å². The van der Waals surface area contributed by atoms with Crippen molar-refractivity contribution in [3.8, 4) is 0 Å². The van der Waals surface area contributed by atoms with Crippen molar-refractivity contribution in [2.24, 2.45) is 5.16 Å². The number of amides is 1. The maximum Gasteiger partial charge on any atom is 0.252 e. The predicted octanol–water partition coefficient (Wildman–Crippen LogP) is 1.50. The third-order valence-electron chi connectivity index (χ3n) is 2.70. The van der Waals surface area contributed by atoms with Crippen LogP contribution in [0.25, 0.3) is 0 Å². The Hall–Kier alpha value is -2.04. The van der Waals surface area contributed by atoms with Crippen LogP contribution >= 0.6 is 0 Å². The van der Waals surface area contributed by atoms with Crippen molar-refractivity contribution in [3.05, 3.63) is 23.3 Å². The van der Waals surface area contributed by atoms with Crippen molar-refractivity contribution >= 4 is 23.5 Å². The zero-order valence-corrected chi connectivity index (χ0v) is 9.11. The number of rotatable bonds is 1. The van der Waals surface area contributed by atoms with Gasteiger partial charge in [-0.15, -0.1) is 0 Å². The molecule has 1 heterocycles. The molecule has 0 radical (unpaired) electrons. The zero-order chi connectivity index (χ0) is 11.7. The monoisotopic (exact) mass is 219 g/mol. The largest absolute Gasteiger partial charge is 0.411 e. The Morgan fingerprint density at radius 1 is 1.31 bits per heavy atom. The molecule has 5 heteroatoms. The minimum Gasteiger partial charge on any atom is -0.411 e. The molecule has 84 valence electrons. The van der Waals surface area contributed by atoms with Gasteiger partial charge < -0.3 is 15.8 Å². The van der Waals surface area contributed by atoms with E-state index >= 15 is 0 Å². The fourth-order valence-electron chi connectivity index (χ4n) is 1.65. The minimum atomic E-state index is -0.625. The standard InChI is InChI=1S/C11H13N3O2/c1-6-3-8-9(4-7(6)2)14-11(15)10(13-8)5-12-16/h3-5,10,13,16H,1-2H3,(H,14,15)/b12-5-. The second-order valence-corrected chi connectivity index (χ2v) is 3.86. The molecule has 1 aromatic carbocycles. The molecule has 1 amide bonds. The van der Waals surface area contributed by atoms with E-state index in [9.17, 15) is 4.79 Å². The van der Waals surface area contributed by atoms with Crippen LogP contribution in [0.3, 0.4) is 0 Å². The molecule has 0 aliphatic carbocycles. The van der Waals surface area contributed by atoms with Crippen molar-refractivity contribution in [3.63, 3.8) is 0 Å². The summed E-state index contributed by atoms with van der Waals surface area (Å²) in [6, 6.07) is 3.25. The Bertz CT molecular complexity index is 469. The van der Waals surface area contributed by atoms with Crippen LogP contribution in [-0.2, 0) is 4.79 Å². The Kier molecular flexibility index (Phi) is 2.52. The Balaban J connectivity index is 2.39. The molecule has 0 saturated heterocycles. The highest BCUT2D eigenvalue weighted by Crippen LogP contribution is 2.29. The summed E-state index contributed by atoms with van der Waals surface area (Å²) < 4.78 is 0. The van der Waals surface area contributed by atoms with Crippen molar-refractivity contribution in [1.82, 2.24) is 0 Å². The highest BCUT2D eigenvalue weighted by Gasteiger charge is 2.24. The molecule has 0 saturated carbocycles. The summed E-state index contributed by atoms with van der Waals surface area (Å²) in [6.07, 6.45) is 1.16. The summed E-state index contributed by atoms with van der Waals surface area (Å²) in [4.78, 5) is 11.6. The minimum absolute atomic E-state index is 0.228. The van der Waals surface area contributed by atoms with E-state index in [0.717, 1.165) is 28.7 Å². The lowest BCUT2D eigenvalue weighted by Gasteiger charge is -2.25. The number of benzene rings is 1. The highest BCUT2D eigenvalue weighted by atomic mass is 16.4. The van der Waals surface area contributed by atoms with E-state index < -0.39 is 6.04 Å². The summed E-state index contributed by atoms with van der Waals surface area (Å²) in [7, 11) is 0. The van der Waals surface area contributed by atoms with E-state index in [0.29, 0.717) is 0 Å². The maximum absolute atomic E-state index is 11.6. The Morgan fingerprint density at radius 2 is 1.94 bits per heavy atom. The van der Waals surface area contributed by atoms with Gasteiger partial charge in [0.05, 0.1) is 17.6 Å². The molecule has 0 spiro atoms. The average Bonchev–Trinajstić information content (AvgIpc) is 2.23. The van der Waals surface area contributed by atoms with Gasteiger partial charge in [0.2, 0.25) is 0 Å². The molecule has 3 N–H and O–H groups in total. The van der Waals surface area contributed by atoms with Gasteiger partial charge in [-0.2, -0.15) is 0 Å². The summed E-state index contributed by atoms with van der Waals surface area (Å²) >= 11 is 0. The second kappa shape index (κ2) is 3.84. The van der Waals surface area contributed by atoms with E-state index in [4.69, 9.17) is 5.21 Å². The lowest BCUT2D eigenvalue weighted by molar-refractivity contribution is -0.115. The number of carbonyl (C=O) groups excluding carboxylic acids is 1. The summed E-state index contributed by atoms with van der Waals surface area (Å²) in [5.41, 5.74) is 3.86. The van der Waals surface area contributed by atoms with Gasteiger partial charge in [-0.25, -0.2) is 0 Å². The van der Waals surface area contributed by atoms with Gasteiger partial charge >= 0.3 is 0 Å². The summed E-state index contributed by atoms with van der Waals surface area (Å²) in [5, 5.41) is 17.1. The van der Waals surface area contributed by atoms with E-state index in [1.807, 2.05) is 26.0 Å². The number of hydrogen-bond acceptors (Lipinski definition) is 4. The van der Waals surface area contributed by atoms with Gasteiger partial charge in [0.1, 0.15) is 6.04 Å². The van der Waals surface area contributed by atoms with Crippen molar-refractivity contribution in [2.45, 2.75) is 19.9 Å². The molecule has 1 atom stereocenters. The highest BCUT2D eigenvalue weighted by molar-refractivity contribution is 6.11. The molecule has 0 bridgehead atoms. The molecule has 1 unspecified atom stereocenters. The van der Waals surface area contributed by atoms with Crippen molar-refractivity contribution < 1.29 is 10.0 Å². The van der Waals surface area contributed by atoms with Crippen molar-refractivity contribution in [2.75, 3.05) is 10.6 Å². The normalized spacial score (nSPS) is 19.1. The molecule has 0 aromatic heterocycles. The van der Waals surface area contributed by atoms with Gasteiger partial charge in [-0.05, 0) is 37.1 Å². The van der Waals surface area contributed by atoms with E-state index in [1.54, 1.807) is 0 Å². The fraction of sp³-hybridized carbons (Fsp3) is 0.273. The SMILES string of the molecule is Cc1cc2c(cc1C)NC(/C=N\O)C(=O)N2. The topological polar surface area (TPSA) is 73.7 Å². The van der Waals surface area contributed by atoms with Gasteiger partial charge in [-0.1, -0.05) is 5.16 Å². The number of hydrogen-bond donors (Lipinski definition) is 3. The Morgan fingerprint density at radius 3 is 2.56 bits per heavy atom. The average molecular weight is 219 g/mol. The van der Waals surface area contributed by atoms with Crippen LogP contribution in [-0.4, -0.2) is 23.4 Å². The first-order valence-corrected chi connectivity index (χ1v) is 4.98. The number of nitrogens with one attached hydrogen (secondary N) is 2. The molecule has 1 aliphatic rings. The number of fused-ring (bicyclic) bond motifs is 1. The second-order valence-electron chi connectivity index (χ2n) is 3.86. The van der Waals surface area contributed by atoms with Gasteiger partial charge in [0.25, 0.3) is 5.91 Å². The van der Waals surface area contributed by atoms with Gasteiger partial charge in [-0.3, -0.25) is 4.79 Å². The molecular weight excluding hydrogens is 206 g/mol. The maximum atomic E-state index is 11.6. The predicted molar refractivity (Wildman–Crippen MR) is 62.2 cm³/mol. The van der Waals surface area contributed by atoms with Crippen LogP contribution in [0.5, 0.6) is 0 Å². The molecule has 5 nitrogen and oxygen atoms in total. The van der Waals surface area contributed by atoms with Gasteiger partial charge in [0.15, 0.2) is 0 Å². The van der Waals surface area contributed by atoms with Crippen LogP contribution in [0.1, 0.15) is 11.1 Å². The van der Waals surface area contributed by atoms with Crippen LogP contribution in [0.4, 0.5) is 11.4 Å². The number of nitrogens with zero attached hydrogens (tertiary/aromatic N) is 1. The quantitative estimate of drug-likeness (QED) is 0.380. The third kappa shape index (κ3) is 1.71.